The summed E-state index contributed by atoms with van der Waals surface area (Å²) in [7, 11) is 0. The number of phenolic OH excluding ortho intramolecular Hbond substituents is 1. The van der Waals surface area contributed by atoms with Crippen molar-refractivity contribution < 1.29 is 19.7 Å². The van der Waals surface area contributed by atoms with Gasteiger partial charge in [-0.3, -0.25) is 0 Å². The van der Waals surface area contributed by atoms with E-state index in [4.69, 9.17) is 10.5 Å². The first-order valence-corrected chi connectivity index (χ1v) is 10.1. The highest BCUT2D eigenvalue weighted by Crippen LogP contribution is 2.39. The lowest BCUT2D eigenvalue weighted by atomic mass is 9.98. The minimum absolute atomic E-state index is 0.00589. The lowest BCUT2D eigenvalue weighted by Gasteiger charge is -2.37. The van der Waals surface area contributed by atoms with Gasteiger partial charge in [0.2, 0.25) is 5.95 Å². The smallest absolute Gasteiger partial charge is 0.220 e. The van der Waals surface area contributed by atoms with Crippen molar-refractivity contribution in [2.24, 2.45) is 0 Å². The van der Waals surface area contributed by atoms with Crippen LogP contribution in [-0.4, -0.2) is 32.6 Å². The maximum atomic E-state index is 11.6. The molecule has 31 heavy (non-hydrogen) atoms. The summed E-state index contributed by atoms with van der Waals surface area (Å²) in [5.74, 6) is 0.414. The normalized spacial score (nSPS) is 16.1. The molecule has 1 atom stereocenters. The molecule has 0 spiro atoms. The number of nitrogens with zero attached hydrogens (tertiary/aromatic N) is 3. The van der Waals surface area contributed by atoms with E-state index in [-0.39, 0.29) is 11.7 Å². The van der Waals surface area contributed by atoms with Gasteiger partial charge >= 0.3 is 0 Å². The Morgan fingerprint density at radius 3 is 2.74 bits per heavy atom. The van der Waals surface area contributed by atoms with Gasteiger partial charge in [0.25, 0.3) is 0 Å². The summed E-state index contributed by atoms with van der Waals surface area (Å²) >= 11 is 0. The second kappa shape index (κ2) is 8.91. The summed E-state index contributed by atoms with van der Waals surface area (Å²) in [5, 5.41) is 22.2. The molecule has 2 heterocycles. The third-order valence-corrected chi connectivity index (χ3v) is 5.34. The molecule has 1 aromatic heterocycles. The number of nitrogens with two attached hydrogens (primary N) is 1. The lowest BCUT2D eigenvalue weighted by Crippen LogP contribution is -2.46. The number of rotatable bonds is 5. The van der Waals surface area contributed by atoms with Crippen LogP contribution in [0.2, 0.25) is 0 Å². The molecule has 1 unspecified atom stereocenters. The summed E-state index contributed by atoms with van der Waals surface area (Å²) in [6.45, 7) is 0.695. The molecule has 160 valence electrons. The minimum Gasteiger partial charge on any atom is -0.530 e. The van der Waals surface area contributed by atoms with Crippen LogP contribution in [0.5, 0.6) is 11.5 Å². The Morgan fingerprint density at radius 2 is 1.97 bits per heavy atom. The van der Waals surface area contributed by atoms with Crippen LogP contribution in [0.4, 0.5) is 10.7 Å². The molecule has 8 nitrogen and oxygen atoms in total. The average molecular weight is 419 g/mol. The summed E-state index contributed by atoms with van der Waals surface area (Å²) in [4.78, 5) is 21.4. The maximum absolute atomic E-state index is 11.6. The Morgan fingerprint density at radius 1 is 1.16 bits per heavy atom. The van der Waals surface area contributed by atoms with Gasteiger partial charge in [-0.1, -0.05) is 36.4 Å². The van der Waals surface area contributed by atoms with Gasteiger partial charge in [-0.2, -0.15) is 0 Å². The average Bonchev–Trinajstić information content (AvgIpc) is 2.78. The minimum atomic E-state index is -1.24. The largest absolute Gasteiger partial charge is 0.530 e. The molecule has 1 aliphatic rings. The Balaban J connectivity index is 1.70. The van der Waals surface area contributed by atoms with Crippen molar-refractivity contribution >= 4 is 12.0 Å². The molecule has 4 rings (SSSR count). The fraction of sp³-hybridized carbons (Fsp3) is 0.261. The van der Waals surface area contributed by atoms with Gasteiger partial charge in [0.15, 0.2) is 0 Å². The highest BCUT2D eigenvalue weighted by atomic mass is 16.5. The highest BCUT2D eigenvalue weighted by Gasteiger charge is 2.27. The van der Waals surface area contributed by atoms with Crippen molar-refractivity contribution in [2.75, 3.05) is 12.3 Å². The molecule has 0 bridgehead atoms. The third kappa shape index (κ3) is 4.53. The van der Waals surface area contributed by atoms with E-state index in [1.54, 1.807) is 18.2 Å². The standard InChI is InChI=1S/C23H24N4O4/c24-22-25-16(18-9-4-5-12-27(18)23(29)30)13-17(26-22)21-19(28)10-6-11-20(21)31-14-15-7-2-1-3-8-15/h1-3,6-8,10-11,13,18,28H,4-5,9,12,14H2,(H,29,30)(H2,24,25,26)/p-1. The molecule has 1 aliphatic heterocycles. The fourth-order valence-corrected chi connectivity index (χ4v) is 3.87. The van der Waals surface area contributed by atoms with Gasteiger partial charge in [0.05, 0.1) is 23.0 Å². The van der Waals surface area contributed by atoms with Crippen molar-refractivity contribution in [1.29, 1.82) is 0 Å². The number of carbonyl (C=O) groups is 1. The number of anilines is 1. The van der Waals surface area contributed by atoms with Crippen molar-refractivity contribution in [3.63, 3.8) is 0 Å². The lowest BCUT2D eigenvalue weighted by molar-refractivity contribution is -0.269. The zero-order chi connectivity index (χ0) is 21.8. The van der Waals surface area contributed by atoms with Gasteiger partial charge < -0.3 is 30.4 Å². The molecule has 0 aliphatic carbocycles. The second-order valence-electron chi connectivity index (χ2n) is 7.43. The first-order valence-electron chi connectivity index (χ1n) is 10.1. The van der Waals surface area contributed by atoms with Crippen molar-refractivity contribution in [2.45, 2.75) is 31.9 Å². The van der Waals surface area contributed by atoms with Crippen molar-refractivity contribution in [1.82, 2.24) is 14.9 Å². The molecule has 8 heteroatoms. The molecule has 1 saturated heterocycles. The van der Waals surface area contributed by atoms with E-state index < -0.39 is 12.1 Å². The molecule has 0 saturated carbocycles. The number of amides is 1. The highest BCUT2D eigenvalue weighted by molar-refractivity contribution is 5.74. The van der Waals surface area contributed by atoms with Gasteiger partial charge in [-0.05, 0) is 43.0 Å². The molecular weight excluding hydrogens is 396 g/mol. The quantitative estimate of drug-likeness (QED) is 0.651. The van der Waals surface area contributed by atoms with E-state index in [2.05, 4.69) is 9.97 Å². The first-order chi connectivity index (χ1) is 15.0. The zero-order valence-electron chi connectivity index (χ0n) is 16.9. The SMILES string of the molecule is Nc1nc(-c2c(O)cccc2OCc2ccccc2)cc(C2CCCCN2C(=O)[O-])n1. The van der Waals surface area contributed by atoms with E-state index in [9.17, 15) is 15.0 Å². The van der Waals surface area contributed by atoms with Gasteiger partial charge in [0, 0.05) is 6.54 Å². The number of carboxylic acid groups (broad SMARTS) is 1. The van der Waals surface area contributed by atoms with Crippen LogP contribution < -0.4 is 15.6 Å². The van der Waals surface area contributed by atoms with Crippen LogP contribution in [0.1, 0.15) is 36.6 Å². The molecule has 1 amide bonds. The van der Waals surface area contributed by atoms with Crippen LogP contribution in [-0.2, 0) is 6.61 Å². The molecule has 0 radical (unpaired) electrons. The predicted octanol–water partition coefficient (Wildman–Crippen LogP) is 2.88. The number of piperidine rings is 1. The number of nitrogen functional groups attached to an aromatic ring is 1. The van der Waals surface area contributed by atoms with Crippen molar-refractivity contribution in [3.05, 3.63) is 65.9 Å². The summed E-state index contributed by atoms with van der Waals surface area (Å²) in [5.41, 5.74) is 8.17. The second-order valence-corrected chi connectivity index (χ2v) is 7.43. The number of phenols is 1. The number of carbonyl (C=O) groups excluding carboxylic acids is 1. The van der Waals surface area contributed by atoms with Crippen LogP contribution in [0.15, 0.2) is 54.6 Å². The van der Waals surface area contributed by atoms with Crippen LogP contribution in [0.25, 0.3) is 11.3 Å². The summed E-state index contributed by atoms with van der Waals surface area (Å²) in [6.07, 6.45) is 1.02. The Labute approximate surface area is 179 Å². The first kappa shape index (κ1) is 20.5. The molecule has 1 fully saturated rings. The molecule has 3 aromatic rings. The summed E-state index contributed by atoms with van der Waals surface area (Å²) in [6, 6.07) is 15.8. The van der Waals surface area contributed by atoms with Crippen LogP contribution in [0.3, 0.4) is 0 Å². The maximum Gasteiger partial charge on any atom is 0.220 e. The van der Waals surface area contributed by atoms with Crippen LogP contribution >= 0.6 is 0 Å². The number of hydrogen-bond acceptors (Lipinski definition) is 7. The van der Waals surface area contributed by atoms with Gasteiger partial charge in [0.1, 0.15) is 24.2 Å². The Bertz CT molecular complexity index is 1070. The number of benzene rings is 2. The number of aromatic hydroxyl groups is 1. The fourth-order valence-electron chi connectivity index (χ4n) is 3.87. The van der Waals surface area contributed by atoms with Crippen molar-refractivity contribution in [3.8, 4) is 22.8 Å². The number of likely N-dealkylation sites (tertiary alicyclic amines) is 1. The number of ether oxygens (including phenoxy) is 1. The molecule has 3 N–H and O–H groups in total. The van der Waals surface area contributed by atoms with E-state index >= 15 is 0 Å². The van der Waals surface area contributed by atoms with E-state index in [0.717, 1.165) is 18.4 Å². The Kier molecular flexibility index (Phi) is 5.88. The summed E-state index contributed by atoms with van der Waals surface area (Å²) < 4.78 is 5.97. The Hall–Kier alpha value is -3.81. The van der Waals surface area contributed by atoms with Crippen LogP contribution in [0, 0.1) is 0 Å². The topological polar surface area (TPSA) is 125 Å². The van der Waals surface area contributed by atoms with E-state index in [1.165, 1.54) is 11.0 Å². The van der Waals surface area contributed by atoms with E-state index in [1.807, 2.05) is 30.3 Å². The molecule has 2 aromatic carbocycles. The third-order valence-electron chi connectivity index (χ3n) is 5.34. The number of hydrogen-bond donors (Lipinski definition) is 2. The number of aromatic nitrogens is 2. The molecular formula is C23H23N4O4-. The predicted molar refractivity (Wildman–Crippen MR) is 113 cm³/mol. The van der Waals surface area contributed by atoms with Gasteiger partial charge in [-0.25, -0.2) is 9.97 Å². The van der Waals surface area contributed by atoms with Gasteiger partial charge in [-0.15, -0.1) is 0 Å². The van der Waals surface area contributed by atoms with E-state index in [0.29, 0.717) is 42.3 Å². The zero-order valence-corrected chi connectivity index (χ0v) is 16.9. The monoisotopic (exact) mass is 419 g/mol.